The Kier molecular flexibility index (Phi) is 4.99. The van der Waals surface area contributed by atoms with Crippen LogP contribution in [-0.4, -0.2) is 19.7 Å². The lowest BCUT2D eigenvalue weighted by Crippen LogP contribution is -2.06. The highest BCUT2D eigenvalue weighted by molar-refractivity contribution is 5.90. The van der Waals surface area contributed by atoms with Crippen molar-refractivity contribution in [2.75, 3.05) is 13.7 Å². The van der Waals surface area contributed by atoms with Crippen molar-refractivity contribution in [1.82, 2.24) is 0 Å². The van der Waals surface area contributed by atoms with E-state index in [-0.39, 0.29) is 5.97 Å². The van der Waals surface area contributed by atoms with Crippen molar-refractivity contribution in [2.45, 2.75) is 20.3 Å². The molecule has 3 heteroatoms. The molecular weight excluding hydrogens is 264 g/mol. The smallest absolute Gasteiger partial charge is 0.338 e. The zero-order chi connectivity index (χ0) is 15.2. The second kappa shape index (κ2) is 6.93. The third-order valence-corrected chi connectivity index (χ3v) is 3.44. The lowest BCUT2D eigenvalue weighted by atomic mass is 9.99. The van der Waals surface area contributed by atoms with Crippen molar-refractivity contribution < 1.29 is 14.3 Å². The number of rotatable bonds is 5. The number of benzene rings is 2. The van der Waals surface area contributed by atoms with Gasteiger partial charge < -0.3 is 9.47 Å². The zero-order valence-corrected chi connectivity index (χ0v) is 12.7. The van der Waals surface area contributed by atoms with Crippen LogP contribution in [-0.2, 0) is 11.2 Å². The topological polar surface area (TPSA) is 35.5 Å². The van der Waals surface area contributed by atoms with Gasteiger partial charge in [0.15, 0.2) is 0 Å². The van der Waals surface area contributed by atoms with Crippen LogP contribution in [0.2, 0.25) is 0 Å². The van der Waals surface area contributed by atoms with Crippen LogP contribution in [0.4, 0.5) is 0 Å². The molecule has 0 saturated heterocycles. The van der Waals surface area contributed by atoms with Gasteiger partial charge in [0.05, 0.1) is 19.3 Å². The van der Waals surface area contributed by atoms with Crippen LogP contribution in [0.15, 0.2) is 42.5 Å². The van der Waals surface area contributed by atoms with Gasteiger partial charge >= 0.3 is 5.97 Å². The summed E-state index contributed by atoms with van der Waals surface area (Å²) in [7, 11) is 1.62. The molecule has 0 amide bonds. The van der Waals surface area contributed by atoms with Gasteiger partial charge in [0.25, 0.3) is 0 Å². The van der Waals surface area contributed by atoms with E-state index < -0.39 is 0 Å². The Balaban J connectivity index is 2.28. The van der Waals surface area contributed by atoms with E-state index >= 15 is 0 Å². The molecule has 0 heterocycles. The standard InChI is InChI=1S/C18H20O3/c1-4-21-18(19)16-10-9-15(17(12-16)20-3)11-14-8-6-5-7-13(14)2/h5-10,12H,4,11H2,1-3H3. The van der Waals surface area contributed by atoms with Gasteiger partial charge in [0.1, 0.15) is 5.75 Å². The lowest BCUT2D eigenvalue weighted by Gasteiger charge is -2.12. The summed E-state index contributed by atoms with van der Waals surface area (Å²) >= 11 is 0. The van der Waals surface area contributed by atoms with Gasteiger partial charge in [-0.05, 0) is 42.7 Å². The predicted molar refractivity (Wildman–Crippen MR) is 82.9 cm³/mol. The summed E-state index contributed by atoms with van der Waals surface area (Å²) in [4.78, 5) is 11.8. The van der Waals surface area contributed by atoms with Gasteiger partial charge in [0.2, 0.25) is 0 Å². The molecule has 0 saturated carbocycles. The van der Waals surface area contributed by atoms with Crippen LogP contribution in [0.3, 0.4) is 0 Å². The number of ether oxygens (including phenoxy) is 2. The van der Waals surface area contributed by atoms with Crippen molar-refractivity contribution in [1.29, 1.82) is 0 Å². The van der Waals surface area contributed by atoms with E-state index in [4.69, 9.17) is 9.47 Å². The molecule has 0 radical (unpaired) electrons. The maximum absolute atomic E-state index is 11.8. The number of aryl methyl sites for hydroxylation is 1. The van der Waals surface area contributed by atoms with Crippen LogP contribution in [0.5, 0.6) is 5.75 Å². The quantitative estimate of drug-likeness (QED) is 0.784. The first-order chi connectivity index (χ1) is 10.2. The molecule has 0 unspecified atom stereocenters. The summed E-state index contributed by atoms with van der Waals surface area (Å²) in [5, 5.41) is 0. The van der Waals surface area contributed by atoms with Gasteiger partial charge in [-0.15, -0.1) is 0 Å². The van der Waals surface area contributed by atoms with E-state index in [0.717, 1.165) is 12.0 Å². The highest BCUT2D eigenvalue weighted by atomic mass is 16.5. The van der Waals surface area contributed by atoms with Crippen LogP contribution < -0.4 is 4.74 Å². The van der Waals surface area contributed by atoms with Crippen molar-refractivity contribution >= 4 is 5.97 Å². The Labute approximate surface area is 125 Å². The Hall–Kier alpha value is -2.29. The van der Waals surface area contributed by atoms with Crippen molar-refractivity contribution in [3.05, 3.63) is 64.7 Å². The molecule has 0 spiro atoms. The SMILES string of the molecule is CCOC(=O)c1ccc(Cc2ccccc2C)c(OC)c1. The van der Waals surface area contributed by atoms with Crippen LogP contribution in [0, 0.1) is 6.92 Å². The third-order valence-electron chi connectivity index (χ3n) is 3.44. The molecule has 3 nitrogen and oxygen atoms in total. The molecule has 0 fully saturated rings. The van der Waals surface area contributed by atoms with E-state index in [2.05, 4.69) is 19.1 Å². The van der Waals surface area contributed by atoms with Crippen LogP contribution in [0.25, 0.3) is 0 Å². The maximum Gasteiger partial charge on any atom is 0.338 e. The van der Waals surface area contributed by atoms with Gasteiger partial charge in [-0.2, -0.15) is 0 Å². The fraction of sp³-hybridized carbons (Fsp3) is 0.278. The van der Waals surface area contributed by atoms with Gasteiger partial charge in [0, 0.05) is 6.42 Å². The molecule has 2 rings (SSSR count). The minimum absolute atomic E-state index is 0.321. The highest BCUT2D eigenvalue weighted by Gasteiger charge is 2.12. The first kappa shape index (κ1) is 15.1. The van der Waals surface area contributed by atoms with Crippen molar-refractivity contribution in [3.63, 3.8) is 0 Å². The maximum atomic E-state index is 11.8. The number of esters is 1. The molecule has 0 aromatic heterocycles. The van der Waals surface area contributed by atoms with E-state index in [9.17, 15) is 4.79 Å². The van der Waals surface area contributed by atoms with Crippen LogP contribution >= 0.6 is 0 Å². The summed E-state index contributed by atoms with van der Waals surface area (Å²) in [5.74, 6) is 0.391. The molecule has 2 aromatic rings. The minimum Gasteiger partial charge on any atom is -0.496 e. The largest absolute Gasteiger partial charge is 0.496 e. The predicted octanol–water partition coefficient (Wildman–Crippen LogP) is 3.77. The summed E-state index contributed by atoms with van der Waals surface area (Å²) < 4.78 is 10.4. The number of hydrogen-bond acceptors (Lipinski definition) is 3. The number of carbonyl (C=O) groups excluding carboxylic acids is 1. The molecule has 21 heavy (non-hydrogen) atoms. The number of methoxy groups -OCH3 is 1. The summed E-state index contributed by atoms with van der Waals surface area (Å²) in [5.41, 5.74) is 4.07. The van der Waals surface area contributed by atoms with Crippen LogP contribution in [0.1, 0.15) is 34.0 Å². The van der Waals surface area contributed by atoms with Gasteiger partial charge in [-0.3, -0.25) is 0 Å². The second-order valence-electron chi connectivity index (χ2n) is 4.85. The summed E-state index contributed by atoms with van der Waals surface area (Å²) in [6, 6.07) is 13.7. The zero-order valence-electron chi connectivity index (χ0n) is 12.7. The Morgan fingerprint density at radius 1 is 1.10 bits per heavy atom. The Morgan fingerprint density at radius 2 is 1.86 bits per heavy atom. The molecule has 2 aromatic carbocycles. The molecule has 0 aliphatic heterocycles. The summed E-state index contributed by atoms with van der Waals surface area (Å²) in [6.45, 7) is 4.25. The van der Waals surface area contributed by atoms with E-state index in [1.54, 1.807) is 26.2 Å². The van der Waals surface area contributed by atoms with E-state index in [1.807, 2.05) is 18.2 Å². The first-order valence-electron chi connectivity index (χ1n) is 7.04. The average Bonchev–Trinajstić information content (AvgIpc) is 2.50. The minimum atomic E-state index is -0.321. The lowest BCUT2D eigenvalue weighted by molar-refractivity contribution is 0.0526. The normalized spacial score (nSPS) is 10.2. The average molecular weight is 284 g/mol. The number of carbonyl (C=O) groups is 1. The molecule has 0 aliphatic rings. The van der Waals surface area contributed by atoms with Crippen molar-refractivity contribution in [2.24, 2.45) is 0 Å². The second-order valence-corrected chi connectivity index (χ2v) is 4.85. The monoisotopic (exact) mass is 284 g/mol. The molecule has 0 N–H and O–H groups in total. The van der Waals surface area contributed by atoms with E-state index in [1.165, 1.54) is 11.1 Å². The highest BCUT2D eigenvalue weighted by Crippen LogP contribution is 2.24. The van der Waals surface area contributed by atoms with Gasteiger partial charge in [-0.1, -0.05) is 30.3 Å². The Morgan fingerprint density at radius 3 is 2.52 bits per heavy atom. The molecule has 110 valence electrons. The van der Waals surface area contributed by atoms with Gasteiger partial charge in [-0.25, -0.2) is 4.79 Å². The molecular formula is C18H20O3. The third kappa shape index (κ3) is 3.63. The fourth-order valence-corrected chi connectivity index (χ4v) is 2.25. The van der Waals surface area contributed by atoms with Crippen molar-refractivity contribution in [3.8, 4) is 5.75 Å². The molecule has 0 atom stereocenters. The Bertz CT molecular complexity index is 632. The summed E-state index contributed by atoms with van der Waals surface area (Å²) in [6.07, 6.45) is 0.777. The molecule has 0 aliphatic carbocycles. The fourth-order valence-electron chi connectivity index (χ4n) is 2.25. The first-order valence-corrected chi connectivity index (χ1v) is 7.04. The molecule has 0 bridgehead atoms. The van der Waals surface area contributed by atoms with E-state index in [0.29, 0.717) is 17.9 Å². The number of hydrogen-bond donors (Lipinski definition) is 0.